The lowest BCUT2D eigenvalue weighted by molar-refractivity contribution is 0.562. The van der Waals surface area contributed by atoms with Crippen LogP contribution in [0.4, 0.5) is 8.78 Å². The molecule has 19 heavy (non-hydrogen) atoms. The summed E-state index contributed by atoms with van der Waals surface area (Å²) in [6.45, 7) is 4.58. The third kappa shape index (κ3) is 3.35. The van der Waals surface area contributed by atoms with Crippen molar-refractivity contribution in [3.05, 3.63) is 65.0 Å². The van der Waals surface area contributed by atoms with Crippen LogP contribution in [0.25, 0.3) is 0 Å². The molecule has 1 N–H and O–H groups in total. The van der Waals surface area contributed by atoms with E-state index in [2.05, 4.69) is 10.3 Å². The van der Waals surface area contributed by atoms with E-state index in [-0.39, 0.29) is 6.04 Å². The van der Waals surface area contributed by atoms with Gasteiger partial charge < -0.3 is 5.32 Å². The summed E-state index contributed by atoms with van der Waals surface area (Å²) in [5, 5.41) is 3.20. The first-order valence-corrected chi connectivity index (χ1v) is 6.22. The van der Waals surface area contributed by atoms with Gasteiger partial charge in [-0.25, -0.2) is 8.78 Å². The zero-order chi connectivity index (χ0) is 13.8. The summed E-state index contributed by atoms with van der Waals surface area (Å²) in [7, 11) is 0. The molecule has 4 heteroatoms. The predicted octanol–water partition coefficient (Wildman–Crippen LogP) is 3.37. The number of aromatic nitrogens is 1. The molecule has 2 aromatic rings. The molecule has 1 aromatic heterocycles. The van der Waals surface area contributed by atoms with Crippen molar-refractivity contribution in [1.29, 1.82) is 0 Å². The van der Waals surface area contributed by atoms with Crippen molar-refractivity contribution >= 4 is 0 Å². The number of pyridine rings is 1. The molecule has 1 unspecified atom stereocenters. The molecule has 2 nitrogen and oxygen atoms in total. The SMILES string of the molecule is CCNC(c1cc(F)cc(F)c1)c1cc(C)ccn1. The van der Waals surface area contributed by atoms with Crippen LogP contribution in [0.2, 0.25) is 0 Å². The molecule has 100 valence electrons. The highest BCUT2D eigenvalue weighted by Crippen LogP contribution is 2.22. The Kier molecular flexibility index (Phi) is 4.22. The van der Waals surface area contributed by atoms with Crippen molar-refractivity contribution in [2.75, 3.05) is 6.54 Å². The van der Waals surface area contributed by atoms with Crippen molar-refractivity contribution in [2.45, 2.75) is 19.9 Å². The van der Waals surface area contributed by atoms with E-state index in [4.69, 9.17) is 0 Å². The summed E-state index contributed by atoms with van der Waals surface area (Å²) in [4.78, 5) is 4.29. The van der Waals surface area contributed by atoms with Crippen LogP contribution >= 0.6 is 0 Å². The van der Waals surface area contributed by atoms with Crippen molar-refractivity contribution in [1.82, 2.24) is 10.3 Å². The van der Waals surface area contributed by atoms with Gasteiger partial charge >= 0.3 is 0 Å². The zero-order valence-corrected chi connectivity index (χ0v) is 11.0. The normalized spacial score (nSPS) is 12.4. The summed E-state index contributed by atoms with van der Waals surface area (Å²) in [6, 6.07) is 7.03. The van der Waals surface area contributed by atoms with Crippen molar-refractivity contribution in [3.8, 4) is 0 Å². The maximum atomic E-state index is 13.3. The van der Waals surface area contributed by atoms with E-state index >= 15 is 0 Å². The maximum absolute atomic E-state index is 13.3. The van der Waals surface area contributed by atoms with Gasteiger partial charge in [0.1, 0.15) is 11.6 Å². The zero-order valence-electron chi connectivity index (χ0n) is 11.0. The minimum absolute atomic E-state index is 0.310. The molecule has 0 aliphatic heterocycles. The number of nitrogens with one attached hydrogen (secondary N) is 1. The Balaban J connectivity index is 2.44. The minimum Gasteiger partial charge on any atom is -0.305 e. The molecule has 0 radical (unpaired) electrons. The summed E-state index contributed by atoms with van der Waals surface area (Å²) in [6.07, 6.45) is 1.70. The topological polar surface area (TPSA) is 24.9 Å². The molecule has 0 fully saturated rings. The van der Waals surface area contributed by atoms with Gasteiger partial charge in [-0.15, -0.1) is 0 Å². The Morgan fingerprint density at radius 1 is 1.16 bits per heavy atom. The first kappa shape index (κ1) is 13.6. The second kappa shape index (κ2) is 5.89. The third-order valence-electron chi connectivity index (χ3n) is 2.86. The number of benzene rings is 1. The molecule has 1 aromatic carbocycles. The first-order valence-electron chi connectivity index (χ1n) is 6.22. The molecule has 0 aliphatic rings. The molecule has 0 saturated carbocycles. The highest BCUT2D eigenvalue weighted by atomic mass is 19.1. The lowest BCUT2D eigenvalue weighted by Gasteiger charge is -2.18. The van der Waals surface area contributed by atoms with Crippen molar-refractivity contribution in [2.24, 2.45) is 0 Å². The van der Waals surface area contributed by atoms with E-state index < -0.39 is 11.6 Å². The molecule has 0 amide bonds. The molecule has 0 spiro atoms. The number of hydrogen-bond donors (Lipinski definition) is 1. The fraction of sp³-hybridized carbons (Fsp3) is 0.267. The van der Waals surface area contributed by atoms with E-state index in [0.717, 1.165) is 17.3 Å². The Morgan fingerprint density at radius 2 is 1.84 bits per heavy atom. The lowest BCUT2D eigenvalue weighted by Crippen LogP contribution is -2.23. The van der Waals surface area contributed by atoms with Crippen LogP contribution in [-0.4, -0.2) is 11.5 Å². The fourth-order valence-corrected chi connectivity index (χ4v) is 2.06. The molecule has 2 rings (SSSR count). The second-order valence-electron chi connectivity index (χ2n) is 4.45. The van der Waals surface area contributed by atoms with Gasteiger partial charge in [0.05, 0.1) is 11.7 Å². The van der Waals surface area contributed by atoms with Gasteiger partial charge in [-0.05, 0) is 48.9 Å². The van der Waals surface area contributed by atoms with Gasteiger partial charge in [0.25, 0.3) is 0 Å². The maximum Gasteiger partial charge on any atom is 0.126 e. The van der Waals surface area contributed by atoms with Crippen molar-refractivity contribution in [3.63, 3.8) is 0 Å². The number of aryl methyl sites for hydroxylation is 1. The molecule has 1 heterocycles. The Bertz CT molecular complexity index is 550. The lowest BCUT2D eigenvalue weighted by atomic mass is 10.0. The summed E-state index contributed by atoms with van der Waals surface area (Å²) >= 11 is 0. The van der Waals surface area contributed by atoms with E-state index in [1.807, 2.05) is 26.0 Å². The number of halogens is 2. The molecule has 0 saturated heterocycles. The van der Waals surface area contributed by atoms with Crippen LogP contribution < -0.4 is 5.32 Å². The van der Waals surface area contributed by atoms with E-state index in [9.17, 15) is 8.78 Å². The Hall–Kier alpha value is -1.81. The van der Waals surface area contributed by atoms with E-state index in [1.165, 1.54) is 12.1 Å². The fourth-order valence-electron chi connectivity index (χ4n) is 2.06. The van der Waals surface area contributed by atoms with E-state index in [0.29, 0.717) is 12.1 Å². The highest BCUT2D eigenvalue weighted by molar-refractivity contribution is 5.30. The first-order chi connectivity index (χ1) is 9.10. The predicted molar refractivity (Wildman–Crippen MR) is 70.9 cm³/mol. The van der Waals surface area contributed by atoms with Crippen LogP contribution in [0, 0.1) is 18.6 Å². The summed E-state index contributed by atoms with van der Waals surface area (Å²) in [5.41, 5.74) is 2.36. The summed E-state index contributed by atoms with van der Waals surface area (Å²) < 4.78 is 26.7. The van der Waals surface area contributed by atoms with Crippen LogP contribution in [0.15, 0.2) is 36.5 Å². The van der Waals surface area contributed by atoms with Gasteiger partial charge in [-0.2, -0.15) is 0 Å². The third-order valence-corrected chi connectivity index (χ3v) is 2.86. The molecule has 0 bridgehead atoms. The average molecular weight is 262 g/mol. The van der Waals surface area contributed by atoms with Crippen LogP contribution in [0.3, 0.4) is 0 Å². The highest BCUT2D eigenvalue weighted by Gasteiger charge is 2.16. The van der Waals surface area contributed by atoms with Crippen LogP contribution in [-0.2, 0) is 0 Å². The van der Waals surface area contributed by atoms with Gasteiger partial charge in [-0.1, -0.05) is 6.92 Å². The molecular formula is C15H16F2N2. The van der Waals surface area contributed by atoms with E-state index in [1.54, 1.807) is 6.20 Å². The van der Waals surface area contributed by atoms with Crippen molar-refractivity contribution < 1.29 is 8.78 Å². The standard InChI is InChI=1S/C15H16F2N2/c1-3-18-15(14-6-10(2)4-5-19-14)11-7-12(16)9-13(17)8-11/h4-9,15,18H,3H2,1-2H3. The average Bonchev–Trinajstić information content (AvgIpc) is 2.34. The number of rotatable bonds is 4. The molecule has 0 aliphatic carbocycles. The summed E-state index contributed by atoms with van der Waals surface area (Å²) in [5.74, 6) is -1.16. The minimum atomic E-state index is -0.578. The quantitative estimate of drug-likeness (QED) is 0.913. The molecule has 1 atom stereocenters. The molecular weight excluding hydrogens is 246 g/mol. The van der Waals surface area contributed by atoms with Gasteiger partial charge in [-0.3, -0.25) is 4.98 Å². The number of hydrogen-bond acceptors (Lipinski definition) is 2. The van der Waals surface area contributed by atoms with Gasteiger partial charge in [0.2, 0.25) is 0 Å². The van der Waals surface area contributed by atoms with Crippen LogP contribution in [0.5, 0.6) is 0 Å². The largest absolute Gasteiger partial charge is 0.305 e. The number of nitrogens with zero attached hydrogens (tertiary/aromatic N) is 1. The Morgan fingerprint density at radius 3 is 2.42 bits per heavy atom. The smallest absolute Gasteiger partial charge is 0.126 e. The monoisotopic (exact) mass is 262 g/mol. The Labute approximate surface area is 111 Å². The van der Waals surface area contributed by atoms with Gasteiger partial charge in [0, 0.05) is 12.3 Å². The second-order valence-corrected chi connectivity index (χ2v) is 4.45. The van der Waals surface area contributed by atoms with Gasteiger partial charge in [0.15, 0.2) is 0 Å². The van der Waals surface area contributed by atoms with Crippen LogP contribution in [0.1, 0.15) is 29.8 Å².